The van der Waals surface area contributed by atoms with E-state index < -0.39 is 0 Å². The van der Waals surface area contributed by atoms with Crippen LogP contribution in [0.2, 0.25) is 0 Å². The molecule has 0 aromatic carbocycles. The van der Waals surface area contributed by atoms with Gasteiger partial charge in [-0.25, -0.2) is 0 Å². The number of carbonyl (C=O) groups excluding carboxylic acids is 1. The summed E-state index contributed by atoms with van der Waals surface area (Å²) in [5.74, 6) is 0.170. The van der Waals surface area contributed by atoms with Crippen molar-refractivity contribution in [2.45, 2.75) is 25.7 Å². The Morgan fingerprint density at radius 1 is 1.19 bits per heavy atom. The lowest BCUT2D eigenvalue weighted by Crippen LogP contribution is -2.40. The predicted molar refractivity (Wildman–Crippen MR) is 66.5 cm³/mol. The number of nitrogens with one attached hydrogen (secondary N) is 1. The van der Waals surface area contributed by atoms with Gasteiger partial charge in [-0.1, -0.05) is 12.8 Å². The molecule has 1 amide bonds. The summed E-state index contributed by atoms with van der Waals surface area (Å²) in [6, 6.07) is 0. The van der Waals surface area contributed by atoms with E-state index in [0.29, 0.717) is 6.54 Å². The van der Waals surface area contributed by atoms with E-state index in [1.54, 1.807) is 0 Å². The zero-order valence-electron chi connectivity index (χ0n) is 10.7. The van der Waals surface area contributed by atoms with E-state index in [4.69, 9.17) is 0 Å². The third-order valence-electron chi connectivity index (χ3n) is 2.95. The topological polar surface area (TPSA) is 35.6 Å². The van der Waals surface area contributed by atoms with Gasteiger partial charge in [-0.15, -0.1) is 0 Å². The number of hydrogen-bond donors (Lipinski definition) is 1. The van der Waals surface area contributed by atoms with E-state index in [-0.39, 0.29) is 5.91 Å². The van der Waals surface area contributed by atoms with Crippen molar-refractivity contribution in [3.05, 3.63) is 0 Å². The molecule has 1 fully saturated rings. The van der Waals surface area contributed by atoms with Gasteiger partial charge in [0.05, 0.1) is 6.54 Å². The highest BCUT2D eigenvalue weighted by Gasteiger charge is 2.12. The lowest BCUT2D eigenvalue weighted by Gasteiger charge is -2.19. The van der Waals surface area contributed by atoms with Crippen molar-refractivity contribution >= 4 is 5.91 Å². The largest absolute Gasteiger partial charge is 0.354 e. The molecule has 1 N–H and O–H groups in total. The molecule has 4 heteroatoms. The first-order chi connectivity index (χ1) is 7.68. The molecule has 0 radical (unpaired) electrons. The van der Waals surface area contributed by atoms with Crippen LogP contribution in [0.4, 0.5) is 0 Å². The monoisotopic (exact) mass is 227 g/mol. The quantitative estimate of drug-likeness (QED) is 0.744. The second-order valence-corrected chi connectivity index (χ2v) is 4.84. The molecule has 1 rings (SSSR count). The molecule has 0 saturated carbocycles. The molecular formula is C12H25N3O. The first-order valence-corrected chi connectivity index (χ1v) is 6.32. The van der Waals surface area contributed by atoms with Crippen molar-refractivity contribution in [2.75, 3.05) is 46.8 Å². The Bertz CT molecular complexity index is 198. The number of hydrogen-bond acceptors (Lipinski definition) is 3. The van der Waals surface area contributed by atoms with E-state index >= 15 is 0 Å². The van der Waals surface area contributed by atoms with Crippen LogP contribution in [0.1, 0.15) is 25.7 Å². The molecule has 1 aliphatic heterocycles. The van der Waals surface area contributed by atoms with Crippen molar-refractivity contribution < 1.29 is 4.79 Å². The van der Waals surface area contributed by atoms with Crippen LogP contribution in [0.25, 0.3) is 0 Å². The smallest absolute Gasteiger partial charge is 0.234 e. The number of carbonyl (C=O) groups is 1. The molecule has 1 heterocycles. The number of rotatable bonds is 5. The Labute approximate surface area is 99.0 Å². The van der Waals surface area contributed by atoms with E-state index in [9.17, 15) is 4.79 Å². The average molecular weight is 227 g/mol. The van der Waals surface area contributed by atoms with Crippen molar-refractivity contribution in [2.24, 2.45) is 0 Å². The Balaban J connectivity index is 2.12. The SMILES string of the molecule is CN(C)CCNC(=O)CN1CCCCCC1. The van der Waals surface area contributed by atoms with E-state index in [2.05, 4.69) is 15.1 Å². The van der Waals surface area contributed by atoms with Crippen LogP contribution in [-0.2, 0) is 4.79 Å². The van der Waals surface area contributed by atoms with Gasteiger partial charge < -0.3 is 10.2 Å². The Morgan fingerprint density at radius 2 is 1.81 bits per heavy atom. The zero-order chi connectivity index (χ0) is 11.8. The van der Waals surface area contributed by atoms with Gasteiger partial charge in [0.25, 0.3) is 0 Å². The fourth-order valence-corrected chi connectivity index (χ4v) is 1.97. The lowest BCUT2D eigenvalue weighted by molar-refractivity contribution is -0.122. The third kappa shape index (κ3) is 6.08. The minimum Gasteiger partial charge on any atom is -0.354 e. The second-order valence-electron chi connectivity index (χ2n) is 4.84. The minimum absolute atomic E-state index is 0.170. The van der Waals surface area contributed by atoms with E-state index in [1.807, 2.05) is 14.1 Å². The van der Waals surface area contributed by atoms with Gasteiger partial charge in [-0.05, 0) is 40.0 Å². The summed E-state index contributed by atoms with van der Waals surface area (Å²) in [5, 5.41) is 2.96. The summed E-state index contributed by atoms with van der Waals surface area (Å²) in [7, 11) is 4.03. The molecule has 0 spiro atoms. The number of likely N-dealkylation sites (N-methyl/N-ethyl adjacent to an activating group) is 1. The summed E-state index contributed by atoms with van der Waals surface area (Å²) >= 11 is 0. The maximum Gasteiger partial charge on any atom is 0.234 e. The summed E-state index contributed by atoms with van der Waals surface area (Å²) < 4.78 is 0. The molecule has 0 aromatic heterocycles. The maximum absolute atomic E-state index is 11.6. The highest BCUT2D eigenvalue weighted by Crippen LogP contribution is 2.08. The lowest BCUT2D eigenvalue weighted by atomic mass is 10.2. The summed E-state index contributed by atoms with van der Waals surface area (Å²) in [6.07, 6.45) is 5.12. The van der Waals surface area contributed by atoms with Crippen LogP contribution in [0.3, 0.4) is 0 Å². The summed E-state index contributed by atoms with van der Waals surface area (Å²) in [4.78, 5) is 16.0. The normalized spacial score (nSPS) is 18.4. The molecule has 0 atom stereocenters. The zero-order valence-corrected chi connectivity index (χ0v) is 10.7. The molecule has 1 aliphatic rings. The second kappa shape index (κ2) is 7.63. The first-order valence-electron chi connectivity index (χ1n) is 6.32. The molecule has 4 nitrogen and oxygen atoms in total. The van der Waals surface area contributed by atoms with Crippen LogP contribution >= 0.6 is 0 Å². The van der Waals surface area contributed by atoms with E-state index in [0.717, 1.165) is 26.2 Å². The van der Waals surface area contributed by atoms with Gasteiger partial charge in [-0.2, -0.15) is 0 Å². The molecule has 0 aliphatic carbocycles. The van der Waals surface area contributed by atoms with E-state index in [1.165, 1.54) is 25.7 Å². The fourth-order valence-electron chi connectivity index (χ4n) is 1.97. The van der Waals surface area contributed by atoms with Crippen LogP contribution < -0.4 is 5.32 Å². The van der Waals surface area contributed by atoms with Crippen LogP contribution in [-0.4, -0.2) is 62.5 Å². The molecule has 94 valence electrons. The Morgan fingerprint density at radius 3 is 2.38 bits per heavy atom. The van der Waals surface area contributed by atoms with Crippen LogP contribution in [0.5, 0.6) is 0 Å². The molecule has 1 saturated heterocycles. The maximum atomic E-state index is 11.6. The molecule has 0 unspecified atom stereocenters. The molecule has 0 aromatic rings. The summed E-state index contributed by atoms with van der Waals surface area (Å²) in [6.45, 7) is 4.40. The Hall–Kier alpha value is -0.610. The first kappa shape index (κ1) is 13.5. The minimum atomic E-state index is 0.170. The average Bonchev–Trinajstić information content (AvgIpc) is 2.45. The highest BCUT2D eigenvalue weighted by atomic mass is 16.2. The molecule has 16 heavy (non-hydrogen) atoms. The van der Waals surface area contributed by atoms with Crippen molar-refractivity contribution in [3.63, 3.8) is 0 Å². The van der Waals surface area contributed by atoms with Crippen LogP contribution in [0, 0.1) is 0 Å². The Kier molecular flexibility index (Phi) is 6.42. The van der Waals surface area contributed by atoms with Gasteiger partial charge in [0.15, 0.2) is 0 Å². The summed E-state index contributed by atoms with van der Waals surface area (Å²) in [5.41, 5.74) is 0. The van der Waals surface area contributed by atoms with Gasteiger partial charge in [0.1, 0.15) is 0 Å². The highest BCUT2D eigenvalue weighted by molar-refractivity contribution is 5.77. The standard InChI is InChI=1S/C12H25N3O/c1-14(2)10-7-13-12(16)11-15-8-5-3-4-6-9-15/h3-11H2,1-2H3,(H,13,16). The van der Waals surface area contributed by atoms with Crippen molar-refractivity contribution in [1.82, 2.24) is 15.1 Å². The number of amides is 1. The predicted octanol–water partition coefficient (Wildman–Crippen LogP) is 0.540. The van der Waals surface area contributed by atoms with Gasteiger partial charge in [0, 0.05) is 13.1 Å². The van der Waals surface area contributed by atoms with Gasteiger partial charge in [-0.3, -0.25) is 9.69 Å². The molecular weight excluding hydrogens is 202 g/mol. The van der Waals surface area contributed by atoms with Gasteiger partial charge in [0.2, 0.25) is 5.91 Å². The third-order valence-corrected chi connectivity index (χ3v) is 2.95. The number of nitrogens with zero attached hydrogens (tertiary/aromatic N) is 2. The van der Waals surface area contributed by atoms with Crippen molar-refractivity contribution in [3.8, 4) is 0 Å². The van der Waals surface area contributed by atoms with Crippen molar-refractivity contribution in [1.29, 1.82) is 0 Å². The van der Waals surface area contributed by atoms with Gasteiger partial charge >= 0.3 is 0 Å². The fraction of sp³-hybridized carbons (Fsp3) is 0.917. The number of likely N-dealkylation sites (tertiary alicyclic amines) is 1. The molecule has 0 bridgehead atoms. The van der Waals surface area contributed by atoms with Crippen LogP contribution in [0.15, 0.2) is 0 Å².